The lowest BCUT2D eigenvalue weighted by Crippen LogP contribution is -1.88. The highest BCUT2D eigenvalue weighted by molar-refractivity contribution is 9.10. The number of rotatable bonds is 0. The SMILES string of the molecule is Cc1c(C#N)cnc2ccc(Br)cc12. The fourth-order valence-corrected chi connectivity index (χ4v) is 1.77. The maximum atomic E-state index is 8.85. The Morgan fingerprint density at radius 2 is 2.21 bits per heavy atom. The van der Waals surface area contributed by atoms with Crippen LogP contribution in [0.3, 0.4) is 0 Å². The first-order chi connectivity index (χ1) is 6.72. The van der Waals surface area contributed by atoms with Crippen LogP contribution >= 0.6 is 15.9 Å². The number of fused-ring (bicyclic) bond motifs is 1. The zero-order valence-corrected chi connectivity index (χ0v) is 9.17. The molecule has 1 heterocycles. The van der Waals surface area contributed by atoms with E-state index in [9.17, 15) is 0 Å². The van der Waals surface area contributed by atoms with Gasteiger partial charge in [-0.25, -0.2) is 0 Å². The molecule has 0 N–H and O–H groups in total. The highest BCUT2D eigenvalue weighted by Gasteiger charge is 2.04. The zero-order chi connectivity index (χ0) is 10.1. The summed E-state index contributed by atoms with van der Waals surface area (Å²) in [6, 6.07) is 8.00. The molecule has 0 amide bonds. The fraction of sp³-hybridized carbons (Fsp3) is 0.0909. The minimum Gasteiger partial charge on any atom is -0.255 e. The standard InChI is InChI=1S/C11H7BrN2/c1-7-8(5-13)6-14-11-3-2-9(12)4-10(7)11/h2-4,6H,1H3. The highest BCUT2D eigenvalue weighted by Crippen LogP contribution is 2.22. The minimum atomic E-state index is 0.635. The second-order valence-electron chi connectivity index (χ2n) is 3.07. The summed E-state index contributed by atoms with van der Waals surface area (Å²) in [4.78, 5) is 4.21. The van der Waals surface area contributed by atoms with Gasteiger partial charge in [0.25, 0.3) is 0 Å². The van der Waals surface area contributed by atoms with Crippen molar-refractivity contribution >= 4 is 26.8 Å². The Labute approximate surface area is 90.3 Å². The van der Waals surface area contributed by atoms with Gasteiger partial charge in [0.15, 0.2) is 0 Å². The number of aromatic nitrogens is 1. The molecule has 0 bridgehead atoms. The van der Waals surface area contributed by atoms with E-state index in [0.29, 0.717) is 5.56 Å². The van der Waals surface area contributed by atoms with Gasteiger partial charge in [0, 0.05) is 16.1 Å². The molecule has 2 rings (SSSR count). The summed E-state index contributed by atoms with van der Waals surface area (Å²) in [7, 11) is 0. The van der Waals surface area contributed by atoms with Crippen LogP contribution in [0.2, 0.25) is 0 Å². The number of pyridine rings is 1. The van der Waals surface area contributed by atoms with Crippen LogP contribution in [0, 0.1) is 18.3 Å². The lowest BCUT2D eigenvalue weighted by Gasteiger charge is -2.03. The lowest BCUT2D eigenvalue weighted by molar-refractivity contribution is 1.32. The van der Waals surface area contributed by atoms with E-state index in [2.05, 4.69) is 27.0 Å². The summed E-state index contributed by atoms with van der Waals surface area (Å²) in [5.74, 6) is 0. The molecular weight excluding hydrogens is 240 g/mol. The number of nitriles is 1. The molecule has 1 aromatic carbocycles. The third-order valence-electron chi connectivity index (χ3n) is 2.22. The number of hydrogen-bond donors (Lipinski definition) is 0. The molecule has 3 heteroatoms. The maximum absolute atomic E-state index is 8.85. The summed E-state index contributed by atoms with van der Waals surface area (Å²) in [6.45, 7) is 1.94. The van der Waals surface area contributed by atoms with Gasteiger partial charge in [0.1, 0.15) is 6.07 Å². The van der Waals surface area contributed by atoms with Crippen molar-refractivity contribution in [2.24, 2.45) is 0 Å². The Hall–Kier alpha value is -1.40. The number of aryl methyl sites for hydroxylation is 1. The van der Waals surface area contributed by atoms with E-state index in [1.165, 1.54) is 0 Å². The predicted octanol–water partition coefficient (Wildman–Crippen LogP) is 3.18. The van der Waals surface area contributed by atoms with Gasteiger partial charge in [-0.1, -0.05) is 15.9 Å². The van der Waals surface area contributed by atoms with E-state index < -0.39 is 0 Å². The molecule has 2 aromatic rings. The minimum absolute atomic E-state index is 0.635. The topological polar surface area (TPSA) is 36.7 Å². The van der Waals surface area contributed by atoms with Gasteiger partial charge >= 0.3 is 0 Å². The van der Waals surface area contributed by atoms with Gasteiger partial charge in [0.05, 0.1) is 11.1 Å². The van der Waals surface area contributed by atoms with Crippen molar-refractivity contribution in [3.63, 3.8) is 0 Å². The van der Waals surface area contributed by atoms with Crippen LogP contribution in [0.1, 0.15) is 11.1 Å². The van der Waals surface area contributed by atoms with Crippen LogP contribution in [0.5, 0.6) is 0 Å². The second-order valence-corrected chi connectivity index (χ2v) is 3.99. The smallest absolute Gasteiger partial charge is 0.101 e. The van der Waals surface area contributed by atoms with Crippen LogP contribution in [-0.4, -0.2) is 4.98 Å². The molecule has 0 saturated heterocycles. The van der Waals surface area contributed by atoms with Crippen LogP contribution in [-0.2, 0) is 0 Å². The Balaban J connectivity index is 2.88. The molecular formula is C11H7BrN2. The Kier molecular flexibility index (Phi) is 2.22. The number of halogens is 1. The number of benzene rings is 1. The van der Waals surface area contributed by atoms with Crippen molar-refractivity contribution in [1.82, 2.24) is 4.98 Å². The Morgan fingerprint density at radius 3 is 2.93 bits per heavy atom. The first kappa shape index (κ1) is 9.17. The lowest BCUT2D eigenvalue weighted by atomic mass is 10.1. The third kappa shape index (κ3) is 1.38. The second kappa shape index (κ2) is 3.39. The number of nitrogens with zero attached hydrogens (tertiary/aromatic N) is 2. The van der Waals surface area contributed by atoms with E-state index in [4.69, 9.17) is 5.26 Å². The molecule has 0 radical (unpaired) electrons. The molecule has 14 heavy (non-hydrogen) atoms. The van der Waals surface area contributed by atoms with Crippen molar-refractivity contribution in [2.75, 3.05) is 0 Å². The van der Waals surface area contributed by atoms with Crippen molar-refractivity contribution in [2.45, 2.75) is 6.92 Å². The molecule has 2 nitrogen and oxygen atoms in total. The van der Waals surface area contributed by atoms with Gasteiger partial charge in [-0.15, -0.1) is 0 Å². The molecule has 0 unspecified atom stereocenters. The van der Waals surface area contributed by atoms with Crippen molar-refractivity contribution in [3.05, 3.63) is 40.0 Å². The van der Waals surface area contributed by atoms with Crippen molar-refractivity contribution < 1.29 is 0 Å². The molecule has 1 aromatic heterocycles. The summed E-state index contributed by atoms with van der Waals surface area (Å²) in [6.07, 6.45) is 1.62. The first-order valence-corrected chi connectivity index (χ1v) is 4.96. The predicted molar refractivity (Wildman–Crippen MR) is 58.9 cm³/mol. The fourth-order valence-electron chi connectivity index (χ4n) is 1.41. The van der Waals surface area contributed by atoms with E-state index in [1.807, 2.05) is 25.1 Å². The Morgan fingerprint density at radius 1 is 1.43 bits per heavy atom. The monoisotopic (exact) mass is 246 g/mol. The zero-order valence-electron chi connectivity index (χ0n) is 7.58. The molecule has 0 saturated carbocycles. The quantitative estimate of drug-likeness (QED) is 0.716. The molecule has 0 aliphatic heterocycles. The van der Waals surface area contributed by atoms with E-state index in [-0.39, 0.29) is 0 Å². The first-order valence-electron chi connectivity index (χ1n) is 4.17. The third-order valence-corrected chi connectivity index (χ3v) is 2.71. The van der Waals surface area contributed by atoms with Gasteiger partial charge < -0.3 is 0 Å². The molecule has 0 aliphatic carbocycles. The van der Waals surface area contributed by atoms with E-state index >= 15 is 0 Å². The molecule has 0 aliphatic rings. The van der Waals surface area contributed by atoms with Crippen LogP contribution in [0.15, 0.2) is 28.9 Å². The Bertz CT molecular complexity index is 541. The molecule has 0 atom stereocenters. The summed E-state index contributed by atoms with van der Waals surface area (Å²) >= 11 is 3.40. The van der Waals surface area contributed by atoms with Crippen molar-refractivity contribution in [3.8, 4) is 6.07 Å². The number of hydrogen-bond acceptors (Lipinski definition) is 2. The average Bonchev–Trinajstić information content (AvgIpc) is 2.20. The normalized spacial score (nSPS) is 10.1. The average molecular weight is 247 g/mol. The summed E-state index contributed by atoms with van der Waals surface area (Å²) in [5, 5.41) is 9.87. The highest BCUT2D eigenvalue weighted by atomic mass is 79.9. The largest absolute Gasteiger partial charge is 0.255 e. The van der Waals surface area contributed by atoms with E-state index in [1.54, 1.807) is 6.20 Å². The van der Waals surface area contributed by atoms with Crippen molar-refractivity contribution in [1.29, 1.82) is 5.26 Å². The molecule has 68 valence electrons. The van der Waals surface area contributed by atoms with Crippen LogP contribution < -0.4 is 0 Å². The maximum Gasteiger partial charge on any atom is 0.101 e. The van der Waals surface area contributed by atoms with Gasteiger partial charge in [-0.3, -0.25) is 4.98 Å². The van der Waals surface area contributed by atoms with Gasteiger partial charge in [0.2, 0.25) is 0 Å². The van der Waals surface area contributed by atoms with Gasteiger partial charge in [-0.05, 0) is 30.7 Å². The van der Waals surface area contributed by atoms with Gasteiger partial charge in [-0.2, -0.15) is 5.26 Å². The van der Waals surface area contributed by atoms with Crippen LogP contribution in [0.4, 0.5) is 0 Å². The molecule has 0 fully saturated rings. The van der Waals surface area contributed by atoms with E-state index in [0.717, 1.165) is 20.9 Å². The summed E-state index contributed by atoms with van der Waals surface area (Å²) in [5.41, 5.74) is 2.54. The van der Waals surface area contributed by atoms with Crippen LogP contribution in [0.25, 0.3) is 10.9 Å². The molecule has 0 spiro atoms. The summed E-state index contributed by atoms with van der Waals surface area (Å²) < 4.78 is 1.00.